The van der Waals surface area contributed by atoms with Gasteiger partial charge in [0.2, 0.25) is 5.91 Å². The van der Waals surface area contributed by atoms with Crippen molar-refractivity contribution in [3.05, 3.63) is 30.1 Å². The van der Waals surface area contributed by atoms with Crippen LogP contribution >= 0.6 is 0 Å². The first kappa shape index (κ1) is 20.0. The third-order valence-electron chi connectivity index (χ3n) is 5.30. The maximum absolute atomic E-state index is 13.1. The standard InChI is InChI=1S/C18H27FN4O3S/c1-20(2)27(25,26)23-9-3-4-15(14-23)18(24)22-12-10-21(11-13-22)17-7-5-16(19)6-8-17/h5-8,15H,3-4,9-14H2,1-2H3/t15-/m0/s1. The summed E-state index contributed by atoms with van der Waals surface area (Å²) in [5.74, 6) is -0.514. The minimum Gasteiger partial charge on any atom is -0.368 e. The molecule has 0 bridgehead atoms. The van der Waals surface area contributed by atoms with E-state index >= 15 is 0 Å². The first-order chi connectivity index (χ1) is 12.8. The molecule has 0 N–H and O–H groups in total. The van der Waals surface area contributed by atoms with Gasteiger partial charge in [-0.1, -0.05) is 0 Å². The quantitative estimate of drug-likeness (QED) is 0.759. The van der Waals surface area contributed by atoms with Gasteiger partial charge in [-0.25, -0.2) is 4.39 Å². The fourth-order valence-electron chi connectivity index (χ4n) is 3.68. The van der Waals surface area contributed by atoms with E-state index in [1.807, 2.05) is 4.90 Å². The fraction of sp³-hybridized carbons (Fsp3) is 0.611. The van der Waals surface area contributed by atoms with Crippen LogP contribution in [0.25, 0.3) is 0 Å². The Balaban J connectivity index is 1.58. The van der Waals surface area contributed by atoms with E-state index in [9.17, 15) is 17.6 Å². The number of benzene rings is 1. The van der Waals surface area contributed by atoms with Gasteiger partial charge >= 0.3 is 0 Å². The van der Waals surface area contributed by atoms with Crippen LogP contribution in [0.1, 0.15) is 12.8 Å². The molecule has 2 aliphatic heterocycles. The van der Waals surface area contributed by atoms with Gasteiger partial charge in [-0.2, -0.15) is 17.0 Å². The fourth-order valence-corrected chi connectivity index (χ4v) is 4.87. The smallest absolute Gasteiger partial charge is 0.281 e. The van der Waals surface area contributed by atoms with Crippen molar-refractivity contribution in [2.24, 2.45) is 5.92 Å². The zero-order chi connectivity index (χ0) is 19.6. The van der Waals surface area contributed by atoms with E-state index in [4.69, 9.17) is 0 Å². The summed E-state index contributed by atoms with van der Waals surface area (Å²) in [5, 5.41) is 0. The van der Waals surface area contributed by atoms with Crippen LogP contribution in [0, 0.1) is 11.7 Å². The molecule has 0 unspecified atom stereocenters. The Morgan fingerprint density at radius 3 is 2.30 bits per heavy atom. The molecule has 2 aliphatic rings. The topological polar surface area (TPSA) is 64.2 Å². The highest BCUT2D eigenvalue weighted by molar-refractivity contribution is 7.86. The number of piperazine rings is 1. The van der Waals surface area contributed by atoms with Gasteiger partial charge < -0.3 is 9.80 Å². The Labute approximate surface area is 160 Å². The van der Waals surface area contributed by atoms with Crippen LogP contribution in [-0.4, -0.2) is 81.2 Å². The SMILES string of the molecule is CN(C)S(=O)(=O)N1CCC[C@H](C(=O)N2CCN(c3ccc(F)cc3)CC2)C1. The van der Waals surface area contributed by atoms with Gasteiger partial charge in [0, 0.05) is 59.1 Å². The normalized spacial score (nSPS) is 22.3. The largest absolute Gasteiger partial charge is 0.368 e. The molecule has 9 heteroatoms. The molecule has 3 rings (SSSR count). The van der Waals surface area contributed by atoms with Crippen LogP contribution in [0.4, 0.5) is 10.1 Å². The van der Waals surface area contributed by atoms with E-state index in [0.29, 0.717) is 39.1 Å². The third-order valence-corrected chi connectivity index (χ3v) is 7.21. The molecule has 0 saturated carbocycles. The lowest BCUT2D eigenvalue weighted by molar-refractivity contribution is -0.137. The molecule has 1 aromatic carbocycles. The zero-order valence-electron chi connectivity index (χ0n) is 15.8. The number of amides is 1. The molecule has 2 heterocycles. The van der Waals surface area contributed by atoms with Gasteiger partial charge in [-0.05, 0) is 37.1 Å². The van der Waals surface area contributed by atoms with Gasteiger partial charge in [0.15, 0.2) is 0 Å². The number of carbonyl (C=O) groups is 1. The molecular weight excluding hydrogens is 371 g/mol. The Kier molecular flexibility index (Phi) is 6.02. The molecule has 1 atom stereocenters. The Morgan fingerprint density at radius 1 is 1.07 bits per heavy atom. The van der Waals surface area contributed by atoms with Crippen molar-refractivity contribution in [2.45, 2.75) is 12.8 Å². The highest BCUT2D eigenvalue weighted by Crippen LogP contribution is 2.23. The second kappa shape index (κ2) is 8.12. The van der Waals surface area contributed by atoms with Crippen molar-refractivity contribution in [1.82, 2.24) is 13.5 Å². The molecule has 1 aromatic rings. The van der Waals surface area contributed by atoms with Gasteiger partial charge in [0.25, 0.3) is 10.2 Å². The summed E-state index contributed by atoms with van der Waals surface area (Å²) in [7, 11) is -0.470. The zero-order valence-corrected chi connectivity index (χ0v) is 16.7. The van der Waals surface area contributed by atoms with Crippen LogP contribution in [-0.2, 0) is 15.0 Å². The second-order valence-electron chi connectivity index (χ2n) is 7.28. The van der Waals surface area contributed by atoms with Crippen molar-refractivity contribution in [3.8, 4) is 0 Å². The summed E-state index contributed by atoms with van der Waals surface area (Å²) < 4.78 is 40.4. The number of piperidine rings is 1. The van der Waals surface area contributed by atoms with Crippen molar-refractivity contribution in [3.63, 3.8) is 0 Å². The number of nitrogens with zero attached hydrogens (tertiary/aromatic N) is 4. The predicted molar refractivity (Wildman–Crippen MR) is 102 cm³/mol. The summed E-state index contributed by atoms with van der Waals surface area (Å²) in [5.41, 5.74) is 0.949. The molecule has 0 aliphatic carbocycles. The van der Waals surface area contributed by atoms with Crippen molar-refractivity contribution >= 4 is 21.8 Å². The van der Waals surface area contributed by atoms with E-state index in [2.05, 4.69) is 4.90 Å². The number of halogens is 1. The minimum atomic E-state index is -3.49. The van der Waals surface area contributed by atoms with E-state index in [0.717, 1.165) is 12.1 Å². The maximum Gasteiger partial charge on any atom is 0.281 e. The Hall–Kier alpha value is -1.71. The first-order valence-corrected chi connectivity index (χ1v) is 10.7. The molecule has 150 valence electrons. The molecule has 7 nitrogen and oxygen atoms in total. The van der Waals surface area contributed by atoms with Gasteiger partial charge in [0.05, 0.1) is 5.92 Å². The summed E-state index contributed by atoms with van der Waals surface area (Å²) in [4.78, 5) is 16.9. The van der Waals surface area contributed by atoms with Crippen molar-refractivity contribution < 1.29 is 17.6 Å². The third kappa shape index (κ3) is 4.41. The molecule has 27 heavy (non-hydrogen) atoms. The lowest BCUT2D eigenvalue weighted by atomic mass is 9.97. The minimum absolute atomic E-state index is 0.0346. The highest BCUT2D eigenvalue weighted by atomic mass is 32.2. The Bertz CT molecular complexity index is 761. The average molecular weight is 399 g/mol. The maximum atomic E-state index is 13.1. The number of hydrogen-bond donors (Lipinski definition) is 0. The van der Waals surface area contributed by atoms with Gasteiger partial charge in [0.1, 0.15) is 5.82 Å². The summed E-state index contributed by atoms with van der Waals surface area (Å²) in [6.45, 7) is 3.26. The van der Waals surface area contributed by atoms with Crippen LogP contribution < -0.4 is 4.90 Å². The summed E-state index contributed by atoms with van der Waals surface area (Å²) in [6, 6.07) is 6.37. The van der Waals surface area contributed by atoms with E-state index in [1.165, 1.54) is 34.8 Å². The molecule has 2 saturated heterocycles. The summed E-state index contributed by atoms with van der Waals surface area (Å²) >= 11 is 0. The second-order valence-corrected chi connectivity index (χ2v) is 9.42. The van der Waals surface area contributed by atoms with E-state index in [-0.39, 0.29) is 24.2 Å². The van der Waals surface area contributed by atoms with Gasteiger partial charge in [-0.15, -0.1) is 0 Å². The van der Waals surface area contributed by atoms with E-state index in [1.54, 1.807) is 12.1 Å². The van der Waals surface area contributed by atoms with Crippen molar-refractivity contribution in [2.75, 3.05) is 58.3 Å². The number of hydrogen-bond acceptors (Lipinski definition) is 4. The van der Waals surface area contributed by atoms with Crippen LogP contribution in [0.3, 0.4) is 0 Å². The molecule has 0 aromatic heterocycles. The number of anilines is 1. The highest BCUT2D eigenvalue weighted by Gasteiger charge is 2.35. The lowest BCUT2D eigenvalue weighted by Crippen LogP contribution is -2.54. The van der Waals surface area contributed by atoms with Gasteiger partial charge in [-0.3, -0.25) is 4.79 Å². The Morgan fingerprint density at radius 2 is 1.70 bits per heavy atom. The number of carbonyl (C=O) groups excluding carboxylic acids is 1. The average Bonchev–Trinajstić information content (AvgIpc) is 2.68. The van der Waals surface area contributed by atoms with Crippen LogP contribution in [0.5, 0.6) is 0 Å². The summed E-state index contributed by atoms with van der Waals surface area (Å²) in [6.07, 6.45) is 1.41. The molecule has 0 spiro atoms. The van der Waals surface area contributed by atoms with E-state index < -0.39 is 10.2 Å². The molecular formula is C18H27FN4O3S. The molecule has 0 radical (unpaired) electrons. The van der Waals surface area contributed by atoms with Crippen LogP contribution in [0.2, 0.25) is 0 Å². The predicted octanol–water partition coefficient (Wildman–Crippen LogP) is 0.993. The molecule has 1 amide bonds. The molecule has 2 fully saturated rings. The van der Waals surface area contributed by atoms with Crippen LogP contribution in [0.15, 0.2) is 24.3 Å². The first-order valence-electron chi connectivity index (χ1n) is 9.26. The monoisotopic (exact) mass is 398 g/mol. The lowest BCUT2D eigenvalue weighted by Gasteiger charge is -2.39. The van der Waals surface area contributed by atoms with Crippen molar-refractivity contribution in [1.29, 1.82) is 0 Å². The number of rotatable bonds is 4.